The summed E-state index contributed by atoms with van der Waals surface area (Å²) in [5.74, 6) is 0. The van der Waals surface area contributed by atoms with Gasteiger partial charge < -0.3 is 23.7 Å². The third kappa shape index (κ3) is 9.70. The highest BCUT2D eigenvalue weighted by molar-refractivity contribution is 6.32. The molecule has 1 aromatic rings. The number of aldehydes is 1. The van der Waals surface area contributed by atoms with Crippen molar-refractivity contribution in [2.75, 3.05) is 33.0 Å². The number of benzene rings is 1. The van der Waals surface area contributed by atoms with Crippen molar-refractivity contribution in [1.82, 2.24) is 0 Å². The highest BCUT2D eigenvalue weighted by atomic mass is 35.5. The van der Waals surface area contributed by atoms with Crippen LogP contribution in [0.25, 0.3) is 0 Å². The molecule has 1 aliphatic heterocycles. The van der Waals surface area contributed by atoms with Gasteiger partial charge in [0.1, 0.15) is 30.5 Å². The monoisotopic (exact) mass is 526 g/mol. The van der Waals surface area contributed by atoms with Crippen molar-refractivity contribution in [2.24, 2.45) is 0 Å². The number of rotatable bonds is 19. The van der Waals surface area contributed by atoms with Gasteiger partial charge in [-0.05, 0) is 43.4 Å². The summed E-state index contributed by atoms with van der Waals surface area (Å²) >= 11 is 6.24. The summed E-state index contributed by atoms with van der Waals surface area (Å²) in [7, 11) is 0. The third-order valence-corrected chi connectivity index (χ3v) is 6.80. The summed E-state index contributed by atoms with van der Waals surface area (Å²) in [5.41, 5.74) is 1.28. The SMILES string of the molecule is CCCCOCC1OC(c2ccc(Cl)c(C=O)c2)[C@H](OCCCC)C(OCCCC)[C@@H]1OCCCC. The molecule has 1 fully saturated rings. The zero-order chi connectivity index (χ0) is 26.2. The first-order valence-corrected chi connectivity index (χ1v) is 14.3. The maximum Gasteiger partial charge on any atom is 0.151 e. The normalized spacial score (nSPS) is 24.2. The summed E-state index contributed by atoms with van der Waals surface area (Å²) in [6, 6.07) is 5.45. The van der Waals surface area contributed by atoms with Crippen molar-refractivity contribution in [1.29, 1.82) is 0 Å². The van der Waals surface area contributed by atoms with Crippen LogP contribution in [-0.2, 0) is 23.7 Å². The maximum absolute atomic E-state index is 11.6. The van der Waals surface area contributed by atoms with E-state index in [4.69, 9.17) is 35.3 Å². The molecule has 206 valence electrons. The first-order valence-electron chi connectivity index (χ1n) is 13.9. The lowest BCUT2D eigenvalue weighted by molar-refractivity contribution is -0.268. The van der Waals surface area contributed by atoms with Crippen molar-refractivity contribution in [3.8, 4) is 0 Å². The lowest BCUT2D eigenvalue weighted by atomic mass is 9.90. The van der Waals surface area contributed by atoms with E-state index in [1.54, 1.807) is 12.1 Å². The van der Waals surface area contributed by atoms with Gasteiger partial charge in [0.05, 0.1) is 11.6 Å². The molecule has 36 heavy (non-hydrogen) atoms. The standard InChI is InChI=1S/C29H47ClO6/c1-5-9-15-32-21-25-27(33-16-10-6-2)29(35-18-12-8-4)28(34-17-11-7-3)26(36-25)22-13-14-24(30)23(19-22)20-31/h13-14,19-20,25-29H,5-12,15-18,21H2,1-4H3/t25?,26?,27-,28+,29?/m1/s1. The molecule has 1 aliphatic rings. The first-order chi connectivity index (χ1) is 17.6. The van der Waals surface area contributed by atoms with E-state index in [9.17, 15) is 4.79 Å². The van der Waals surface area contributed by atoms with Gasteiger partial charge in [-0.25, -0.2) is 0 Å². The molecule has 0 saturated carbocycles. The molecule has 3 unspecified atom stereocenters. The molecule has 0 radical (unpaired) electrons. The van der Waals surface area contributed by atoms with Crippen molar-refractivity contribution in [2.45, 2.75) is 110 Å². The zero-order valence-corrected chi connectivity index (χ0v) is 23.5. The topological polar surface area (TPSA) is 63.2 Å². The van der Waals surface area contributed by atoms with Crippen molar-refractivity contribution >= 4 is 17.9 Å². The van der Waals surface area contributed by atoms with Gasteiger partial charge in [0.2, 0.25) is 0 Å². The van der Waals surface area contributed by atoms with E-state index in [-0.39, 0.29) is 24.4 Å². The van der Waals surface area contributed by atoms with Crippen LogP contribution in [0.15, 0.2) is 18.2 Å². The number of unbranched alkanes of at least 4 members (excludes halogenated alkanes) is 4. The zero-order valence-electron chi connectivity index (χ0n) is 22.7. The number of hydrogen-bond donors (Lipinski definition) is 0. The van der Waals surface area contributed by atoms with Gasteiger partial charge in [0.15, 0.2) is 6.29 Å². The molecule has 0 aliphatic carbocycles. The Morgan fingerprint density at radius 2 is 1.36 bits per heavy atom. The van der Waals surface area contributed by atoms with Crippen molar-refractivity contribution < 1.29 is 28.5 Å². The predicted octanol–water partition coefficient (Wildman–Crippen LogP) is 6.97. The Morgan fingerprint density at radius 1 is 0.806 bits per heavy atom. The highest BCUT2D eigenvalue weighted by Gasteiger charge is 2.48. The third-order valence-electron chi connectivity index (χ3n) is 6.46. The molecular weight excluding hydrogens is 480 g/mol. The van der Waals surface area contributed by atoms with Crippen LogP contribution in [0.2, 0.25) is 5.02 Å². The summed E-state index contributed by atoms with van der Waals surface area (Å²) in [5, 5.41) is 0.420. The van der Waals surface area contributed by atoms with E-state index in [2.05, 4.69) is 27.7 Å². The Balaban J connectivity index is 2.43. The van der Waals surface area contributed by atoms with E-state index < -0.39 is 6.10 Å². The van der Waals surface area contributed by atoms with Crippen LogP contribution in [0.5, 0.6) is 0 Å². The minimum atomic E-state index is -0.435. The summed E-state index contributed by atoms with van der Waals surface area (Å²) in [6.45, 7) is 11.5. The fraction of sp³-hybridized carbons (Fsp3) is 0.759. The molecule has 1 heterocycles. The molecule has 0 amide bonds. The molecule has 6 nitrogen and oxygen atoms in total. The molecule has 0 spiro atoms. The van der Waals surface area contributed by atoms with Crippen LogP contribution in [0, 0.1) is 0 Å². The molecule has 1 aromatic carbocycles. The number of ether oxygens (including phenoxy) is 5. The summed E-state index contributed by atoms with van der Waals surface area (Å²) in [4.78, 5) is 11.6. The smallest absolute Gasteiger partial charge is 0.151 e. The van der Waals surface area contributed by atoms with E-state index in [0.717, 1.165) is 63.2 Å². The Labute approximate surface area is 223 Å². The van der Waals surface area contributed by atoms with Gasteiger partial charge in [-0.3, -0.25) is 4.79 Å². The van der Waals surface area contributed by atoms with Gasteiger partial charge in [-0.2, -0.15) is 0 Å². The van der Waals surface area contributed by atoms with Crippen LogP contribution in [0.1, 0.15) is 101 Å². The number of hydrogen-bond acceptors (Lipinski definition) is 6. The molecule has 1 saturated heterocycles. The van der Waals surface area contributed by atoms with E-state index in [1.165, 1.54) is 0 Å². The van der Waals surface area contributed by atoms with Crippen LogP contribution in [0.4, 0.5) is 0 Å². The quantitative estimate of drug-likeness (QED) is 0.143. The van der Waals surface area contributed by atoms with Gasteiger partial charge in [-0.15, -0.1) is 0 Å². The molecule has 0 bridgehead atoms. The molecule has 5 atom stereocenters. The van der Waals surface area contributed by atoms with Gasteiger partial charge >= 0.3 is 0 Å². The summed E-state index contributed by atoms with van der Waals surface area (Å²) < 4.78 is 32.2. The maximum atomic E-state index is 11.6. The van der Waals surface area contributed by atoms with Gasteiger partial charge in [0.25, 0.3) is 0 Å². The lowest BCUT2D eigenvalue weighted by Gasteiger charge is -2.46. The average Bonchev–Trinajstić information content (AvgIpc) is 2.89. The molecule has 7 heteroatoms. The Bertz CT molecular complexity index is 730. The van der Waals surface area contributed by atoms with Crippen LogP contribution >= 0.6 is 11.6 Å². The average molecular weight is 527 g/mol. The lowest BCUT2D eigenvalue weighted by Crippen LogP contribution is -2.58. The van der Waals surface area contributed by atoms with Crippen LogP contribution in [0.3, 0.4) is 0 Å². The minimum absolute atomic E-state index is 0.309. The second-order valence-corrected chi connectivity index (χ2v) is 9.90. The van der Waals surface area contributed by atoms with E-state index in [1.807, 2.05) is 6.07 Å². The van der Waals surface area contributed by atoms with Crippen LogP contribution < -0.4 is 0 Å². The van der Waals surface area contributed by atoms with Gasteiger partial charge in [0, 0.05) is 32.0 Å². The molecule has 0 aromatic heterocycles. The Hall–Kier alpha value is -1.02. The van der Waals surface area contributed by atoms with E-state index >= 15 is 0 Å². The molecule has 2 rings (SSSR count). The molecular formula is C29H47ClO6. The summed E-state index contributed by atoms with van der Waals surface area (Å²) in [6.07, 6.45) is 7.05. The fourth-order valence-electron chi connectivity index (χ4n) is 4.26. The number of carbonyl (C=O) groups is 1. The van der Waals surface area contributed by atoms with Gasteiger partial charge in [-0.1, -0.05) is 71.0 Å². The number of carbonyl (C=O) groups excluding carboxylic acids is 1. The van der Waals surface area contributed by atoms with Crippen LogP contribution in [-0.4, -0.2) is 63.7 Å². The number of halogens is 1. The first kappa shape index (κ1) is 31.2. The van der Waals surface area contributed by atoms with Crippen molar-refractivity contribution in [3.05, 3.63) is 34.3 Å². The van der Waals surface area contributed by atoms with E-state index in [0.29, 0.717) is 43.6 Å². The van der Waals surface area contributed by atoms with Crippen molar-refractivity contribution in [3.63, 3.8) is 0 Å². The highest BCUT2D eigenvalue weighted by Crippen LogP contribution is 2.38. The molecule has 0 N–H and O–H groups in total. The Kier molecular flexibility index (Phi) is 15.8. The fourth-order valence-corrected chi connectivity index (χ4v) is 4.42. The minimum Gasteiger partial charge on any atom is -0.379 e. The predicted molar refractivity (Wildman–Crippen MR) is 144 cm³/mol. The Morgan fingerprint density at radius 3 is 1.94 bits per heavy atom. The second kappa shape index (κ2) is 18.3. The largest absolute Gasteiger partial charge is 0.379 e. The second-order valence-electron chi connectivity index (χ2n) is 9.49.